The fourth-order valence-corrected chi connectivity index (χ4v) is 5.88. The summed E-state index contributed by atoms with van der Waals surface area (Å²) in [6.07, 6.45) is 3.57. The second-order valence-electron chi connectivity index (χ2n) is 10.7. The number of carbonyl (C=O) groups is 2. The lowest BCUT2D eigenvalue weighted by molar-refractivity contribution is -0.142. The summed E-state index contributed by atoms with van der Waals surface area (Å²) in [6, 6.07) is 32.1. The van der Waals surface area contributed by atoms with E-state index in [0.29, 0.717) is 0 Å². The van der Waals surface area contributed by atoms with Crippen LogP contribution < -0.4 is 14.8 Å². The minimum absolute atomic E-state index is 0.0417. The van der Waals surface area contributed by atoms with Gasteiger partial charge in [0.15, 0.2) is 6.61 Å². The van der Waals surface area contributed by atoms with Crippen LogP contribution in [-0.4, -0.2) is 42.8 Å². The van der Waals surface area contributed by atoms with Crippen LogP contribution in [0.25, 0.3) is 0 Å². The molecule has 5 aromatic rings. The van der Waals surface area contributed by atoms with Crippen LogP contribution in [0.3, 0.4) is 0 Å². The summed E-state index contributed by atoms with van der Waals surface area (Å²) < 4.78 is 47.0. The number of halogens is 1. The molecular formula is C36H33FN4O5S. The van der Waals surface area contributed by atoms with Crippen molar-refractivity contribution in [2.75, 3.05) is 11.3 Å². The number of nitrogens with one attached hydrogen (secondary N) is 2. The number of rotatable bonds is 14. The van der Waals surface area contributed by atoms with E-state index in [1.807, 2.05) is 72.8 Å². The van der Waals surface area contributed by atoms with Crippen molar-refractivity contribution in [1.82, 2.24) is 15.2 Å². The number of ether oxygens (including phenoxy) is 1. The van der Waals surface area contributed by atoms with E-state index in [-0.39, 0.29) is 41.7 Å². The van der Waals surface area contributed by atoms with Gasteiger partial charge in [-0.3, -0.25) is 19.3 Å². The Balaban J connectivity index is 1.33. The SMILES string of the molecule is O=C(NCc1ccncc1)C(Cc1ccccc1)N(Cc1ccccc1)C(=O)COc1ccc(S(=O)(=O)Nc2ccc(F)cc2)cc1. The van der Waals surface area contributed by atoms with E-state index < -0.39 is 34.4 Å². The van der Waals surface area contributed by atoms with E-state index in [9.17, 15) is 22.4 Å². The van der Waals surface area contributed by atoms with E-state index in [4.69, 9.17) is 4.74 Å². The molecule has 4 aromatic carbocycles. The minimum atomic E-state index is -3.95. The predicted molar refractivity (Wildman–Crippen MR) is 176 cm³/mol. The first-order valence-electron chi connectivity index (χ1n) is 14.8. The molecule has 1 heterocycles. The normalized spacial score (nSPS) is 11.7. The molecule has 5 rings (SSSR count). The number of amides is 2. The second-order valence-corrected chi connectivity index (χ2v) is 12.3. The molecular weight excluding hydrogens is 619 g/mol. The molecule has 9 nitrogen and oxygen atoms in total. The molecule has 1 aromatic heterocycles. The van der Waals surface area contributed by atoms with E-state index in [1.165, 1.54) is 41.3 Å². The van der Waals surface area contributed by atoms with Gasteiger partial charge in [0, 0.05) is 37.6 Å². The third-order valence-corrected chi connectivity index (χ3v) is 8.67. The zero-order valence-corrected chi connectivity index (χ0v) is 26.1. The van der Waals surface area contributed by atoms with E-state index in [0.717, 1.165) is 28.8 Å². The highest BCUT2D eigenvalue weighted by Gasteiger charge is 2.30. The molecule has 0 fully saturated rings. The van der Waals surface area contributed by atoms with Crippen LogP contribution in [0.15, 0.2) is 139 Å². The average molecular weight is 653 g/mol. The first-order chi connectivity index (χ1) is 22.8. The fourth-order valence-electron chi connectivity index (χ4n) is 4.82. The van der Waals surface area contributed by atoms with Crippen LogP contribution in [0.2, 0.25) is 0 Å². The molecule has 2 amide bonds. The quantitative estimate of drug-likeness (QED) is 0.167. The zero-order chi connectivity index (χ0) is 33.1. The largest absolute Gasteiger partial charge is 0.484 e. The Kier molecular flexibility index (Phi) is 10.9. The fraction of sp³-hybridized carbons (Fsp3) is 0.139. The molecule has 0 aliphatic heterocycles. The van der Waals surface area contributed by atoms with Crippen molar-refractivity contribution < 1.29 is 27.1 Å². The molecule has 1 unspecified atom stereocenters. The minimum Gasteiger partial charge on any atom is -0.484 e. The summed E-state index contributed by atoms with van der Waals surface area (Å²) in [5.41, 5.74) is 2.80. The van der Waals surface area contributed by atoms with Crippen LogP contribution in [0, 0.1) is 5.82 Å². The highest BCUT2D eigenvalue weighted by Crippen LogP contribution is 2.21. The first kappa shape index (κ1) is 32.8. The van der Waals surface area contributed by atoms with E-state index in [1.54, 1.807) is 12.4 Å². The Morgan fingerprint density at radius 1 is 0.766 bits per heavy atom. The Morgan fingerprint density at radius 3 is 2.02 bits per heavy atom. The Labute approximate surface area is 273 Å². The average Bonchev–Trinajstić information content (AvgIpc) is 3.10. The van der Waals surface area contributed by atoms with Gasteiger partial charge < -0.3 is 15.0 Å². The monoisotopic (exact) mass is 652 g/mol. The maximum Gasteiger partial charge on any atom is 0.261 e. The topological polar surface area (TPSA) is 118 Å². The van der Waals surface area contributed by atoms with Crippen molar-refractivity contribution in [3.8, 4) is 5.75 Å². The third-order valence-electron chi connectivity index (χ3n) is 7.28. The van der Waals surface area contributed by atoms with Crippen LogP contribution in [0.5, 0.6) is 5.75 Å². The summed E-state index contributed by atoms with van der Waals surface area (Å²) in [6.45, 7) is 0.0346. The van der Waals surface area contributed by atoms with Gasteiger partial charge in [0.1, 0.15) is 17.6 Å². The molecule has 0 bridgehead atoms. The predicted octanol–water partition coefficient (Wildman–Crippen LogP) is 5.36. The Morgan fingerprint density at radius 2 is 1.38 bits per heavy atom. The number of hydrogen-bond acceptors (Lipinski definition) is 6. The van der Waals surface area contributed by atoms with Crippen LogP contribution in [0.4, 0.5) is 10.1 Å². The number of pyridine rings is 1. The smallest absolute Gasteiger partial charge is 0.261 e. The molecule has 0 saturated heterocycles. The number of benzene rings is 4. The number of aromatic nitrogens is 1. The van der Waals surface area contributed by atoms with Crippen molar-refractivity contribution >= 4 is 27.5 Å². The van der Waals surface area contributed by atoms with Gasteiger partial charge in [0.2, 0.25) is 5.91 Å². The van der Waals surface area contributed by atoms with Gasteiger partial charge >= 0.3 is 0 Å². The number of hydrogen-bond donors (Lipinski definition) is 2. The van der Waals surface area contributed by atoms with Crippen molar-refractivity contribution in [3.05, 3.63) is 156 Å². The third kappa shape index (κ3) is 9.47. The molecule has 47 heavy (non-hydrogen) atoms. The van der Waals surface area contributed by atoms with Crippen molar-refractivity contribution in [1.29, 1.82) is 0 Å². The maximum absolute atomic E-state index is 13.9. The summed E-state index contributed by atoms with van der Waals surface area (Å²) in [5.74, 6) is -0.967. The highest BCUT2D eigenvalue weighted by atomic mass is 32.2. The lowest BCUT2D eigenvalue weighted by atomic mass is 10.0. The molecule has 2 N–H and O–H groups in total. The van der Waals surface area contributed by atoms with E-state index in [2.05, 4.69) is 15.0 Å². The maximum atomic E-state index is 13.9. The molecule has 0 aliphatic carbocycles. The molecule has 0 aliphatic rings. The zero-order valence-electron chi connectivity index (χ0n) is 25.3. The summed E-state index contributed by atoms with van der Waals surface area (Å²) in [4.78, 5) is 33.1. The Hall–Kier alpha value is -5.55. The van der Waals surface area contributed by atoms with Crippen LogP contribution in [0.1, 0.15) is 16.7 Å². The Bertz CT molecular complexity index is 1860. The first-order valence-corrected chi connectivity index (χ1v) is 16.3. The molecule has 1 atom stereocenters. The van der Waals surface area contributed by atoms with Crippen LogP contribution >= 0.6 is 0 Å². The van der Waals surface area contributed by atoms with E-state index >= 15 is 0 Å². The van der Waals surface area contributed by atoms with Gasteiger partial charge in [-0.1, -0.05) is 60.7 Å². The molecule has 11 heteroatoms. The number of carbonyl (C=O) groups excluding carboxylic acids is 2. The van der Waals surface area contributed by atoms with Gasteiger partial charge in [-0.25, -0.2) is 12.8 Å². The lowest BCUT2D eigenvalue weighted by Crippen LogP contribution is -2.51. The van der Waals surface area contributed by atoms with Gasteiger partial charge in [-0.2, -0.15) is 0 Å². The van der Waals surface area contributed by atoms with Crippen molar-refractivity contribution in [3.63, 3.8) is 0 Å². The second kappa shape index (κ2) is 15.6. The van der Waals surface area contributed by atoms with Crippen molar-refractivity contribution in [2.24, 2.45) is 0 Å². The number of nitrogens with zero attached hydrogens (tertiary/aromatic N) is 2. The van der Waals surface area contributed by atoms with Gasteiger partial charge in [-0.15, -0.1) is 0 Å². The molecule has 240 valence electrons. The van der Waals surface area contributed by atoms with Gasteiger partial charge in [0.05, 0.1) is 4.90 Å². The number of anilines is 1. The molecule has 0 saturated carbocycles. The highest BCUT2D eigenvalue weighted by molar-refractivity contribution is 7.92. The summed E-state index contributed by atoms with van der Waals surface area (Å²) in [7, 11) is -3.95. The standard InChI is InChI=1S/C36H33FN4O5S/c37-30-11-13-31(14-12-30)40-47(44,45)33-17-15-32(16-18-33)46-26-35(42)41(25-29-9-5-2-6-10-29)34(23-27-7-3-1-4-8-27)36(43)39-24-28-19-21-38-22-20-28/h1-22,34,40H,23-26H2,(H,39,43). The molecule has 0 spiro atoms. The molecule has 0 radical (unpaired) electrons. The van der Waals surface area contributed by atoms with Crippen LogP contribution in [-0.2, 0) is 39.1 Å². The van der Waals surface area contributed by atoms with Gasteiger partial charge in [-0.05, 0) is 77.4 Å². The van der Waals surface area contributed by atoms with Crippen molar-refractivity contribution in [2.45, 2.75) is 30.4 Å². The number of sulfonamides is 1. The lowest BCUT2D eigenvalue weighted by Gasteiger charge is -2.31. The van der Waals surface area contributed by atoms with Gasteiger partial charge in [0.25, 0.3) is 15.9 Å². The summed E-state index contributed by atoms with van der Waals surface area (Å²) >= 11 is 0. The summed E-state index contributed by atoms with van der Waals surface area (Å²) in [5, 5.41) is 2.97.